The van der Waals surface area contributed by atoms with Crippen LogP contribution < -0.4 is 0 Å². The molecular formula is C25H27N5O. The van der Waals surface area contributed by atoms with Crippen LogP contribution in [0.5, 0.6) is 0 Å². The molecule has 6 nitrogen and oxygen atoms in total. The SMILES string of the molecule is Cc1cccc(-c2ncc(CN3CCC4(CCN(Cc5ccccn5)C4=O)C3)cn2)c1. The lowest BCUT2D eigenvalue weighted by molar-refractivity contribution is -0.136. The van der Waals surface area contributed by atoms with Gasteiger partial charge in [0.25, 0.3) is 0 Å². The molecule has 6 heteroatoms. The molecule has 2 fully saturated rings. The molecule has 2 aliphatic rings. The van der Waals surface area contributed by atoms with Crippen LogP contribution >= 0.6 is 0 Å². The first kappa shape index (κ1) is 19.8. The van der Waals surface area contributed by atoms with E-state index in [2.05, 4.69) is 38.9 Å². The van der Waals surface area contributed by atoms with E-state index in [1.54, 1.807) is 6.20 Å². The van der Waals surface area contributed by atoms with Gasteiger partial charge in [-0.25, -0.2) is 9.97 Å². The van der Waals surface area contributed by atoms with Crippen LogP contribution in [0.15, 0.2) is 61.1 Å². The molecule has 31 heavy (non-hydrogen) atoms. The Morgan fingerprint density at radius 1 is 0.968 bits per heavy atom. The molecule has 0 radical (unpaired) electrons. The molecule has 1 atom stereocenters. The highest BCUT2D eigenvalue weighted by Crippen LogP contribution is 2.41. The average Bonchev–Trinajstić information content (AvgIpc) is 3.34. The van der Waals surface area contributed by atoms with Crippen molar-refractivity contribution in [3.8, 4) is 11.4 Å². The van der Waals surface area contributed by atoms with Gasteiger partial charge in [0.2, 0.25) is 5.91 Å². The van der Waals surface area contributed by atoms with Crippen molar-refractivity contribution in [2.45, 2.75) is 32.9 Å². The summed E-state index contributed by atoms with van der Waals surface area (Å²) in [6.07, 6.45) is 7.47. The van der Waals surface area contributed by atoms with Crippen molar-refractivity contribution in [1.29, 1.82) is 0 Å². The summed E-state index contributed by atoms with van der Waals surface area (Å²) in [5.41, 5.74) is 4.04. The third-order valence-corrected chi connectivity index (χ3v) is 6.50. The van der Waals surface area contributed by atoms with Gasteiger partial charge in [0, 0.05) is 49.4 Å². The second kappa shape index (κ2) is 8.19. The molecule has 0 saturated carbocycles. The smallest absolute Gasteiger partial charge is 0.230 e. The number of pyridine rings is 1. The van der Waals surface area contributed by atoms with E-state index in [9.17, 15) is 4.79 Å². The molecule has 158 valence electrons. The van der Waals surface area contributed by atoms with Crippen LogP contribution in [0, 0.1) is 12.3 Å². The Kier molecular flexibility index (Phi) is 5.24. The highest BCUT2D eigenvalue weighted by molar-refractivity contribution is 5.85. The molecule has 1 aromatic carbocycles. The number of likely N-dealkylation sites (tertiary alicyclic amines) is 2. The van der Waals surface area contributed by atoms with Crippen LogP contribution in [0.25, 0.3) is 11.4 Å². The summed E-state index contributed by atoms with van der Waals surface area (Å²) in [5, 5.41) is 0. The molecule has 2 aromatic heterocycles. The van der Waals surface area contributed by atoms with E-state index in [0.29, 0.717) is 6.54 Å². The fourth-order valence-electron chi connectivity index (χ4n) is 4.83. The van der Waals surface area contributed by atoms with Gasteiger partial charge in [-0.1, -0.05) is 29.8 Å². The molecule has 0 N–H and O–H groups in total. The van der Waals surface area contributed by atoms with Crippen molar-refractivity contribution in [2.24, 2.45) is 5.41 Å². The van der Waals surface area contributed by atoms with Gasteiger partial charge in [-0.3, -0.25) is 14.7 Å². The van der Waals surface area contributed by atoms with Crippen molar-refractivity contribution < 1.29 is 4.79 Å². The van der Waals surface area contributed by atoms with E-state index >= 15 is 0 Å². The van der Waals surface area contributed by atoms with E-state index in [-0.39, 0.29) is 11.3 Å². The monoisotopic (exact) mass is 413 g/mol. The largest absolute Gasteiger partial charge is 0.336 e. The zero-order valence-electron chi connectivity index (χ0n) is 17.9. The first-order chi connectivity index (χ1) is 15.1. The Labute approximate surface area is 183 Å². The third-order valence-electron chi connectivity index (χ3n) is 6.50. The van der Waals surface area contributed by atoms with Gasteiger partial charge < -0.3 is 4.90 Å². The summed E-state index contributed by atoms with van der Waals surface area (Å²) in [6, 6.07) is 14.1. The maximum Gasteiger partial charge on any atom is 0.230 e. The molecule has 4 heterocycles. The Morgan fingerprint density at radius 2 is 1.81 bits per heavy atom. The summed E-state index contributed by atoms with van der Waals surface area (Å²) in [4.78, 5) is 31.1. The van der Waals surface area contributed by atoms with Crippen LogP contribution in [0.4, 0.5) is 0 Å². The predicted molar refractivity (Wildman–Crippen MR) is 119 cm³/mol. The predicted octanol–water partition coefficient (Wildman–Crippen LogP) is 3.47. The van der Waals surface area contributed by atoms with Gasteiger partial charge in [0.1, 0.15) is 0 Å². The second-order valence-electron chi connectivity index (χ2n) is 8.82. The standard InChI is InChI=1S/C25H27N5O/c1-19-5-4-6-21(13-19)23-27-14-20(15-28-23)16-29-11-8-25(18-29)9-12-30(24(25)31)17-22-7-2-3-10-26-22/h2-7,10,13-15H,8-9,11-12,16-18H2,1H3. The molecule has 1 amide bonds. The summed E-state index contributed by atoms with van der Waals surface area (Å²) < 4.78 is 0. The van der Waals surface area contributed by atoms with Crippen molar-refractivity contribution in [3.63, 3.8) is 0 Å². The van der Waals surface area contributed by atoms with Gasteiger partial charge in [-0.05, 0) is 44.5 Å². The minimum atomic E-state index is -0.239. The first-order valence-corrected chi connectivity index (χ1v) is 10.9. The average molecular weight is 414 g/mol. The lowest BCUT2D eigenvalue weighted by Gasteiger charge is -2.23. The van der Waals surface area contributed by atoms with Gasteiger partial charge >= 0.3 is 0 Å². The van der Waals surface area contributed by atoms with Crippen LogP contribution in [0.1, 0.15) is 29.7 Å². The summed E-state index contributed by atoms with van der Waals surface area (Å²) in [7, 11) is 0. The Morgan fingerprint density at radius 3 is 2.58 bits per heavy atom. The molecule has 3 aromatic rings. The fourth-order valence-corrected chi connectivity index (χ4v) is 4.83. The minimum Gasteiger partial charge on any atom is -0.336 e. The zero-order valence-corrected chi connectivity index (χ0v) is 17.9. The van der Waals surface area contributed by atoms with Gasteiger partial charge in [-0.2, -0.15) is 0 Å². The van der Waals surface area contributed by atoms with E-state index < -0.39 is 0 Å². The highest BCUT2D eigenvalue weighted by atomic mass is 16.2. The summed E-state index contributed by atoms with van der Waals surface area (Å²) in [5.74, 6) is 1.04. The number of benzene rings is 1. The second-order valence-corrected chi connectivity index (χ2v) is 8.82. The minimum absolute atomic E-state index is 0.239. The number of hydrogen-bond acceptors (Lipinski definition) is 5. The van der Waals surface area contributed by atoms with Gasteiger partial charge in [0.05, 0.1) is 17.7 Å². The number of amides is 1. The van der Waals surface area contributed by atoms with E-state index in [1.165, 1.54) is 5.56 Å². The van der Waals surface area contributed by atoms with Crippen molar-refractivity contribution in [1.82, 2.24) is 24.8 Å². The summed E-state index contributed by atoms with van der Waals surface area (Å²) >= 11 is 0. The number of rotatable bonds is 5. The lowest BCUT2D eigenvalue weighted by atomic mass is 9.85. The van der Waals surface area contributed by atoms with E-state index in [4.69, 9.17) is 0 Å². The molecule has 2 aliphatic heterocycles. The van der Waals surface area contributed by atoms with E-state index in [1.807, 2.05) is 47.6 Å². The number of carbonyl (C=O) groups excluding carboxylic acids is 1. The van der Waals surface area contributed by atoms with Crippen LogP contribution in [-0.2, 0) is 17.9 Å². The lowest BCUT2D eigenvalue weighted by Crippen LogP contribution is -2.36. The maximum absolute atomic E-state index is 13.2. The van der Waals surface area contributed by atoms with Gasteiger partial charge in [-0.15, -0.1) is 0 Å². The zero-order chi connectivity index (χ0) is 21.3. The first-order valence-electron chi connectivity index (χ1n) is 10.9. The normalized spacial score (nSPS) is 21.3. The topological polar surface area (TPSA) is 62.2 Å². The van der Waals surface area contributed by atoms with Crippen molar-refractivity contribution in [3.05, 3.63) is 77.9 Å². The Balaban J connectivity index is 1.21. The maximum atomic E-state index is 13.2. The Hall–Kier alpha value is -3.12. The number of hydrogen-bond donors (Lipinski definition) is 0. The molecule has 2 saturated heterocycles. The molecular weight excluding hydrogens is 386 g/mol. The quantitative estimate of drug-likeness (QED) is 0.641. The number of aromatic nitrogens is 3. The van der Waals surface area contributed by atoms with Crippen molar-refractivity contribution >= 4 is 5.91 Å². The number of aryl methyl sites for hydroxylation is 1. The Bertz CT molecular complexity index is 1070. The number of nitrogens with zero attached hydrogens (tertiary/aromatic N) is 5. The number of carbonyl (C=O) groups is 1. The molecule has 1 unspecified atom stereocenters. The van der Waals surface area contributed by atoms with Gasteiger partial charge in [0.15, 0.2) is 5.82 Å². The van der Waals surface area contributed by atoms with Crippen LogP contribution in [0.3, 0.4) is 0 Å². The van der Waals surface area contributed by atoms with Crippen LogP contribution in [0.2, 0.25) is 0 Å². The van der Waals surface area contributed by atoms with E-state index in [0.717, 1.165) is 61.7 Å². The van der Waals surface area contributed by atoms with Crippen LogP contribution in [-0.4, -0.2) is 50.3 Å². The molecule has 0 aliphatic carbocycles. The van der Waals surface area contributed by atoms with Crippen molar-refractivity contribution in [2.75, 3.05) is 19.6 Å². The molecule has 1 spiro atoms. The molecule has 5 rings (SSSR count). The summed E-state index contributed by atoms with van der Waals surface area (Å²) in [6.45, 7) is 6.02. The molecule has 0 bridgehead atoms. The highest BCUT2D eigenvalue weighted by Gasteiger charge is 2.50. The fraction of sp³-hybridized carbons (Fsp3) is 0.360. The third kappa shape index (κ3) is 4.08.